The average molecular weight is 1120 g/mol. The van der Waals surface area contributed by atoms with Crippen LogP contribution in [-0.2, 0) is 0 Å². The van der Waals surface area contributed by atoms with Crippen molar-refractivity contribution in [2.24, 2.45) is 0 Å². The van der Waals surface area contributed by atoms with Gasteiger partial charge >= 0.3 is 29.6 Å². The summed E-state index contributed by atoms with van der Waals surface area (Å²) >= 11 is 6.84. The third kappa shape index (κ3) is 20.0. The third-order valence-corrected chi connectivity index (χ3v) is 11.9. The van der Waals surface area contributed by atoms with Crippen LogP contribution < -0.4 is 49.8 Å². The Kier molecular flexibility index (Phi) is 23.2. The third-order valence-electron chi connectivity index (χ3n) is 10.9. The van der Waals surface area contributed by atoms with Crippen molar-refractivity contribution in [1.82, 2.24) is 0 Å². The van der Waals surface area contributed by atoms with E-state index in [1.807, 2.05) is 109 Å². The van der Waals surface area contributed by atoms with Crippen LogP contribution in [-0.4, -0.2) is 5.60 Å². The number of benzene rings is 10. The fourth-order valence-electron chi connectivity index (χ4n) is 7.41. The molecule has 0 fully saturated rings. The number of halogens is 2. The molecule has 4 nitrogen and oxygen atoms in total. The molecule has 0 unspecified atom stereocenters. The van der Waals surface area contributed by atoms with Crippen LogP contribution in [0.2, 0.25) is 0 Å². The van der Waals surface area contributed by atoms with E-state index in [9.17, 15) is 5.11 Å². The van der Waals surface area contributed by atoms with Crippen molar-refractivity contribution in [3.05, 3.63) is 310 Å². The summed E-state index contributed by atoms with van der Waals surface area (Å²) in [6.45, 7) is 4.90. The molecule has 0 aliphatic heterocycles. The van der Waals surface area contributed by atoms with Crippen LogP contribution in [0.25, 0.3) is 24.3 Å². The standard InChI is InChI=1S/C38H30N2.C14H10Br2.C12H11N.C4H9O.Na/c1-5-13-33(14-6-1)39(34-15-7-2-8-16-34)37-27-23-31(24-28-37)21-22-32-25-29-38(30-26-32)40(35-17-9-3-10-18-35)36-19-11-4-12-20-36;15-13-7-3-11(4-8-13)1-2-12-5-9-14(16)10-6-12;1-3-7-11(8-4-1)13-12-9-5-2-6-10-12;1-4(2,3)5;/h1-30H;1-10H;1-10,13H;1-3H3;/q;;;-1;+1. The number of para-hydroxylation sites is 6. The minimum absolute atomic E-state index is 0. The normalized spacial score (nSPS) is 10.6. The van der Waals surface area contributed by atoms with E-state index in [2.05, 4.69) is 241 Å². The van der Waals surface area contributed by atoms with E-state index in [1.165, 1.54) is 11.1 Å². The van der Waals surface area contributed by atoms with Gasteiger partial charge in [0.1, 0.15) is 0 Å². The largest absolute Gasteiger partial charge is 1.00 e. The number of anilines is 8. The zero-order chi connectivity index (χ0) is 51.8. The number of hydrogen-bond donors (Lipinski definition) is 1. The summed E-state index contributed by atoms with van der Waals surface area (Å²) in [5.41, 5.74) is 13.0. The molecule has 0 heterocycles. The maximum absolute atomic E-state index is 10.1. The van der Waals surface area contributed by atoms with Crippen LogP contribution in [0.4, 0.5) is 45.5 Å². The second-order valence-corrected chi connectivity index (χ2v) is 19.8. The summed E-state index contributed by atoms with van der Waals surface area (Å²) in [6, 6.07) is 96.1. The molecular weight excluding hydrogens is 1060 g/mol. The molecular formula is C68H60Br2N3NaO. The van der Waals surface area contributed by atoms with Crippen molar-refractivity contribution in [2.75, 3.05) is 15.1 Å². The quantitative estimate of drug-likeness (QED) is 0.0978. The Bertz CT molecular complexity index is 2900. The molecule has 0 aliphatic rings. The molecule has 0 aromatic heterocycles. The SMILES string of the molecule is Brc1ccc(C=Cc2ccc(Br)cc2)cc1.C(=Cc1ccc(N(c2ccccc2)c2ccccc2)cc1)c1ccc(N(c2ccccc2)c2ccccc2)cc1.CC(C)(C)[O-].[Na+].c1ccc(Nc2ccccc2)cc1. The Morgan fingerprint density at radius 2 is 0.493 bits per heavy atom. The minimum Gasteiger partial charge on any atom is -0.850 e. The first-order valence-corrected chi connectivity index (χ1v) is 26.1. The summed E-state index contributed by atoms with van der Waals surface area (Å²) in [7, 11) is 0. The van der Waals surface area contributed by atoms with Gasteiger partial charge in [0.2, 0.25) is 0 Å². The fraction of sp³-hybridized carbons (Fsp3) is 0.0588. The predicted molar refractivity (Wildman–Crippen MR) is 324 cm³/mol. The first kappa shape index (κ1) is 57.3. The summed E-state index contributed by atoms with van der Waals surface area (Å²) in [5.74, 6) is 0. The van der Waals surface area contributed by atoms with Gasteiger partial charge < -0.3 is 20.2 Å². The second-order valence-electron chi connectivity index (χ2n) is 17.9. The van der Waals surface area contributed by atoms with Crippen LogP contribution in [0.3, 0.4) is 0 Å². The van der Waals surface area contributed by atoms with E-state index >= 15 is 0 Å². The van der Waals surface area contributed by atoms with Crippen molar-refractivity contribution in [1.29, 1.82) is 0 Å². The molecule has 10 aromatic rings. The predicted octanol–water partition coefficient (Wildman–Crippen LogP) is 16.8. The number of rotatable bonds is 12. The minimum atomic E-state index is -0.750. The maximum atomic E-state index is 10.1. The van der Waals surface area contributed by atoms with Gasteiger partial charge in [0, 0.05) is 54.4 Å². The molecule has 0 bridgehead atoms. The Labute approximate surface area is 484 Å². The summed E-state index contributed by atoms with van der Waals surface area (Å²) in [4.78, 5) is 4.55. The van der Waals surface area contributed by atoms with Gasteiger partial charge in [0.15, 0.2) is 0 Å². The molecule has 0 saturated heterocycles. The van der Waals surface area contributed by atoms with E-state index in [0.717, 1.165) is 65.6 Å². The Morgan fingerprint density at radius 3 is 0.720 bits per heavy atom. The van der Waals surface area contributed by atoms with Crippen molar-refractivity contribution in [3.63, 3.8) is 0 Å². The van der Waals surface area contributed by atoms with Gasteiger partial charge in [-0.1, -0.05) is 235 Å². The van der Waals surface area contributed by atoms with E-state index in [-0.39, 0.29) is 29.6 Å². The molecule has 0 saturated carbocycles. The van der Waals surface area contributed by atoms with Gasteiger partial charge in [-0.15, -0.1) is 5.60 Å². The first-order valence-electron chi connectivity index (χ1n) is 24.5. The molecule has 1 N–H and O–H groups in total. The van der Waals surface area contributed by atoms with Gasteiger partial charge in [-0.25, -0.2) is 0 Å². The smallest absolute Gasteiger partial charge is 0.850 e. The Hall–Kier alpha value is -7.00. The van der Waals surface area contributed by atoms with Crippen LogP contribution in [0, 0.1) is 0 Å². The van der Waals surface area contributed by atoms with Crippen molar-refractivity contribution in [3.8, 4) is 0 Å². The van der Waals surface area contributed by atoms with Crippen molar-refractivity contribution in [2.45, 2.75) is 26.4 Å². The summed E-state index contributed by atoms with van der Waals surface area (Å²) in [6.07, 6.45) is 8.55. The number of hydrogen-bond acceptors (Lipinski definition) is 4. The van der Waals surface area contributed by atoms with E-state index in [4.69, 9.17) is 0 Å². The van der Waals surface area contributed by atoms with Gasteiger partial charge in [-0.3, -0.25) is 0 Å². The molecule has 10 rings (SSSR count). The molecule has 75 heavy (non-hydrogen) atoms. The van der Waals surface area contributed by atoms with Crippen molar-refractivity contribution >= 4 is 102 Å². The topological polar surface area (TPSA) is 41.6 Å². The number of nitrogens with one attached hydrogen (secondary N) is 1. The molecule has 0 aliphatic carbocycles. The summed E-state index contributed by atoms with van der Waals surface area (Å²) < 4.78 is 2.21. The zero-order valence-corrected chi connectivity index (χ0v) is 48.1. The van der Waals surface area contributed by atoms with Gasteiger partial charge in [-0.2, -0.15) is 0 Å². The van der Waals surface area contributed by atoms with Crippen LogP contribution in [0.15, 0.2) is 288 Å². The fourth-order valence-corrected chi connectivity index (χ4v) is 7.94. The van der Waals surface area contributed by atoms with Crippen LogP contribution in [0.1, 0.15) is 43.0 Å². The van der Waals surface area contributed by atoms with Gasteiger partial charge in [0.05, 0.1) is 0 Å². The molecule has 368 valence electrons. The second kappa shape index (κ2) is 30.4. The maximum Gasteiger partial charge on any atom is 1.00 e. The molecule has 7 heteroatoms. The monoisotopic (exact) mass is 1120 g/mol. The molecule has 0 amide bonds. The van der Waals surface area contributed by atoms with E-state index in [1.54, 1.807) is 20.8 Å². The van der Waals surface area contributed by atoms with Crippen LogP contribution >= 0.6 is 31.9 Å². The van der Waals surface area contributed by atoms with Crippen LogP contribution in [0.5, 0.6) is 0 Å². The summed E-state index contributed by atoms with van der Waals surface area (Å²) in [5, 5.41) is 13.4. The Morgan fingerprint density at radius 1 is 0.307 bits per heavy atom. The number of nitrogens with zero attached hydrogens (tertiary/aromatic N) is 2. The Balaban J connectivity index is 0.000000212. The molecule has 0 radical (unpaired) electrons. The average Bonchev–Trinajstić information content (AvgIpc) is 3.43. The van der Waals surface area contributed by atoms with Crippen molar-refractivity contribution < 1.29 is 34.7 Å². The van der Waals surface area contributed by atoms with E-state index < -0.39 is 5.60 Å². The molecule has 0 spiro atoms. The van der Waals surface area contributed by atoms with E-state index in [0.29, 0.717) is 0 Å². The van der Waals surface area contributed by atoms with Gasteiger partial charge in [-0.05, 0) is 144 Å². The molecule has 0 atom stereocenters. The zero-order valence-electron chi connectivity index (χ0n) is 42.9. The van der Waals surface area contributed by atoms with Gasteiger partial charge in [0.25, 0.3) is 0 Å². The molecule has 10 aromatic carbocycles. The first-order chi connectivity index (χ1) is 36.0.